The summed E-state index contributed by atoms with van der Waals surface area (Å²) in [6, 6.07) is 3.26. The summed E-state index contributed by atoms with van der Waals surface area (Å²) >= 11 is 0. The second-order valence-electron chi connectivity index (χ2n) is 3.30. The van der Waals surface area contributed by atoms with E-state index in [-0.39, 0.29) is 16.9 Å². The van der Waals surface area contributed by atoms with Crippen LogP contribution in [0.1, 0.15) is 12.0 Å². The zero-order valence-corrected chi connectivity index (χ0v) is 9.58. The molecule has 0 heterocycles. The third-order valence-electron chi connectivity index (χ3n) is 1.92. The predicted octanol–water partition coefficient (Wildman–Crippen LogP) is 0.362. The monoisotopic (exact) mass is 258 g/mol. The summed E-state index contributed by atoms with van der Waals surface area (Å²) < 4.78 is 35.3. The van der Waals surface area contributed by atoms with Gasteiger partial charge in [-0.3, -0.25) is 4.79 Å². The van der Waals surface area contributed by atoms with Gasteiger partial charge in [-0.1, -0.05) is 18.2 Å². The molecule has 0 unspecified atom stereocenters. The van der Waals surface area contributed by atoms with Crippen LogP contribution in [0.2, 0.25) is 0 Å². The van der Waals surface area contributed by atoms with Gasteiger partial charge in [0.05, 0.1) is 4.90 Å². The number of hydrogen-bond acceptors (Lipinski definition) is 3. The maximum absolute atomic E-state index is 13.4. The first-order valence-electron chi connectivity index (χ1n) is 4.58. The van der Waals surface area contributed by atoms with Crippen molar-refractivity contribution in [3.8, 4) is 0 Å². The molecule has 1 aromatic carbocycles. The van der Waals surface area contributed by atoms with Crippen LogP contribution < -0.4 is 10.9 Å². The van der Waals surface area contributed by atoms with Gasteiger partial charge in [0.1, 0.15) is 5.82 Å². The van der Waals surface area contributed by atoms with Crippen LogP contribution in [0.15, 0.2) is 29.2 Å². The zero-order valence-electron chi connectivity index (χ0n) is 8.76. The first kappa shape index (κ1) is 13.3. The van der Waals surface area contributed by atoms with Crippen LogP contribution >= 0.6 is 0 Å². The largest absolute Gasteiger partial charge is 0.369 e. The van der Waals surface area contributed by atoms with E-state index in [1.54, 1.807) is 0 Å². The van der Waals surface area contributed by atoms with Crippen molar-refractivity contribution >= 4 is 22.0 Å². The number of sulfonamides is 1. The van der Waals surface area contributed by atoms with Crippen LogP contribution in [0.3, 0.4) is 0 Å². The van der Waals surface area contributed by atoms with E-state index in [2.05, 4.69) is 0 Å². The summed E-state index contributed by atoms with van der Waals surface area (Å²) in [6.45, 7) is 0. The van der Waals surface area contributed by atoms with Crippen molar-refractivity contribution in [2.75, 3.05) is 0 Å². The number of halogens is 1. The van der Waals surface area contributed by atoms with Crippen molar-refractivity contribution in [1.29, 1.82) is 0 Å². The summed E-state index contributed by atoms with van der Waals surface area (Å²) in [5, 5.41) is 4.84. The lowest BCUT2D eigenvalue weighted by Crippen LogP contribution is -2.12. The fourth-order valence-electron chi connectivity index (χ4n) is 1.12. The van der Waals surface area contributed by atoms with Gasteiger partial charge < -0.3 is 5.73 Å². The molecule has 0 radical (unpaired) electrons. The Bertz CT molecular complexity index is 567. The average Bonchev–Trinajstić information content (AvgIpc) is 2.18. The van der Waals surface area contributed by atoms with Gasteiger partial charge in [-0.05, 0) is 12.1 Å². The minimum Gasteiger partial charge on any atom is -0.369 e. The number of primary sulfonamides is 1. The fraction of sp³-hybridized carbons (Fsp3) is 0.100. The lowest BCUT2D eigenvalue weighted by molar-refractivity contribution is -0.117. The number of carbonyl (C=O) groups is 1. The molecule has 0 spiro atoms. The lowest BCUT2D eigenvalue weighted by Gasteiger charge is -2.00. The molecule has 1 aromatic rings. The van der Waals surface area contributed by atoms with Crippen LogP contribution in [-0.2, 0) is 14.8 Å². The van der Waals surface area contributed by atoms with E-state index in [9.17, 15) is 17.6 Å². The number of rotatable bonds is 4. The first-order chi connectivity index (χ1) is 7.80. The summed E-state index contributed by atoms with van der Waals surface area (Å²) in [4.78, 5) is 10.1. The van der Waals surface area contributed by atoms with Gasteiger partial charge in [0.15, 0.2) is 0 Å². The maximum atomic E-state index is 13.4. The molecular formula is C10H11FN2O3S. The number of amides is 1. The molecule has 0 saturated carbocycles. The molecule has 17 heavy (non-hydrogen) atoms. The first-order valence-corrected chi connectivity index (χ1v) is 6.12. The molecule has 4 N–H and O–H groups in total. The van der Waals surface area contributed by atoms with Crippen molar-refractivity contribution in [3.63, 3.8) is 0 Å². The van der Waals surface area contributed by atoms with E-state index in [0.717, 1.165) is 6.07 Å². The van der Waals surface area contributed by atoms with Gasteiger partial charge in [-0.15, -0.1) is 0 Å². The average molecular weight is 258 g/mol. The molecule has 0 aliphatic rings. The third-order valence-corrected chi connectivity index (χ3v) is 2.83. The molecular weight excluding hydrogens is 247 g/mol. The fourth-order valence-corrected chi connectivity index (χ4v) is 1.65. The van der Waals surface area contributed by atoms with Crippen molar-refractivity contribution in [3.05, 3.63) is 35.7 Å². The maximum Gasteiger partial charge on any atom is 0.238 e. The SMILES string of the molecule is NC(=O)CC=Cc1ccc(S(N)(=O)=O)cc1F. The van der Waals surface area contributed by atoms with Crippen molar-refractivity contribution in [2.45, 2.75) is 11.3 Å². The molecule has 0 fully saturated rings. The number of primary amides is 1. The van der Waals surface area contributed by atoms with Crippen molar-refractivity contribution in [2.24, 2.45) is 10.9 Å². The van der Waals surface area contributed by atoms with E-state index in [1.807, 2.05) is 0 Å². The molecule has 5 nitrogen and oxygen atoms in total. The highest BCUT2D eigenvalue weighted by Gasteiger charge is 2.10. The molecule has 0 aliphatic heterocycles. The molecule has 0 aromatic heterocycles. The van der Waals surface area contributed by atoms with Crippen LogP contribution in [0.4, 0.5) is 4.39 Å². The van der Waals surface area contributed by atoms with Crippen molar-refractivity contribution in [1.82, 2.24) is 0 Å². The predicted molar refractivity (Wildman–Crippen MR) is 60.6 cm³/mol. The normalized spacial score (nSPS) is 11.9. The van der Waals surface area contributed by atoms with Crippen LogP contribution in [0, 0.1) is 5.82 Å². The Morgan fingerprint density at radius 2 is 2.06 bits per heavy atom. The molecule has 1 rings (SSSR count). The van der Waals surface area contributed by atoms with E-state index in [1.165, 1.54) is 24.3 Å². The molecule has 0 bridgehead atoms. The number of benzene rings is 1. The zero-order chi connectivity index (χ0) is 13.1. The van der Waals surface area contributed by atoms with E-state index in [4.69, 9.17) is 10.9 Å². The minimum atomic E-state index is -3.91. The second kappa shape index (κ2) is 5.07. The molecule has 0 saturated heterocycles. The van der Waals surface area contributed by atoms with E-state index < -0.39 is 21.7 Å². The Morgan fingerprint density at radius 3 is 2.53 bits per heavy atom. The number of carbonyl (C=O) groups excluding carboxylic acids is 1. The summed E-state index contributed by atoms with van der Waals surface area (Å²) in [6.07, 6.45) is 2.71. The van der Waals surface area contributed by atoms with Crippen LogP contribution in [-0.4, -0.2) is 14.3 Å². The quantitative estimate of drug-likeness (QED) is 0.814. The molecule has 1 amide bonds. The third kappa shape index (κ3) is 3.97. The molecule has 0 aliphatic carbocycles. The van der Waals surface area contributed by atoms with Gasteiger partial charge in [0.2, 0.25) is 15.9 Å². The Hall–Kier alpha value is -1.73. The second-order valence-corrected chi connectivity index (χ2v) is 4.86. The smallest absolute Gasteiger partial charge is 0.238 e. The summed E-state index contributed by atoms with van der Waals surface area (Å²) in [5.41, 5.74) is 5.05. The van der Waals surface area contributed by atoms with E-state index in [0.29, 0.717) is 0 Å². The van der Waals surface area contributed by atoms with Crippen LogP contribution in [0.5, 0.6) is 0 Å². The number of hydrogen-bond donors (Lipinski definition) is 2. The number of nitrogens with two attached hydrogens (primary N) is 2. The van der Waals surface area contributed by atoms with E-state index >= 15 is 0 Å². The van der Waals surface area contributed by atoms with Gasteiger partial charge in [-0.2, -0.15) is 0 Å². The van der Waals surface area contributed by atoms with Gasteiger partial charge in [0.25, 0.3) is 0 Å². The standard InChI is InChI=1S/C10H11FN2O3S/c11-9-6-8(17(13,15)16)5-4-7(9)2-1-3-10(12)14/h1-2,4-6H,3H2,(H2,12,14)(H2,13,15,16). The molecule has 0 atom stereocenters. The summed E-state index contributed by atoms with van der Waals surface area (Å²) in [5.74, 6) is -1.28. The highest BCUT2D eigenvalue weighted by molar-refractivity contribution is 7.89. The van der Waals surface area contributed by atoms with Gasteiger partial charge in [-0.25, -0.2) is 17.9 Å². The highest BCUT2D eigenvalue weighted by atomic mass is 32.2. The van der Waals surface area contributed by atoms with Gasteiger partial charge >= 0.3 is 0 Å². The summed E-state index contributed by atoms with van der Waals surface area (Å²) in [7, 11) is -3.91. The van der Waals surface area contributed by atoms with Crippen LogP contribution in [0.25, 0.3) is 6.08 Å². The topological polar surface area (TPSA) is 103 Å². The van der Waals surface area contributed by atoms with Gasteiger partial charge in [0, 0.05) is 12.0 Å². The highest BCUT2D eigenvalue weighted by Crippen LogP contribution is 2.15. The molecule has 92 valence electrons. The Kier molecular flexibility index (Phi) is 3.97. The minimum absolute atomic E-state index is 0.0175. The Labute approximate surface area is 98.0 Å². The Balaban J connectivity index is 2.99. The van der Waals surface area contributed by atoms with Crippen molar-refractivity contribution < 1.29 is 17.6 Å². The Morgan fingerprint density at radius 1 is 1.41 bits per heavy atom. The molecule has 7 heteroatoms. The lowest BCUT2D eigenvalue weighted by atomic mass is 10.2.